The molecule has 2 N–H and O–H groups in total. The standard InChI is InChI=1S/C15H20F2N2O2/c1-2-15(8-5-9-18-10-15)13(20)19-11-6-3-4-7-12(11)21-14(16)17/h3-4,6-7,14,18H,2,5,8-10H2,1H3,(H,19,20). The smallest absolute Gasteiger partial charge is 0.387 e. The summed E-state index contributed by atoms with van der Waals surface area (Å²) < 4.78 is 29.2. The number of piperidine rings is 1. The topological polar surface area (TPSA) is 50.4 Å². The molecule has 1 atom stereocenters. The van der Waals surface area contributed by atoms with Crippen molar-refractivity contribution < 1.29 is 18.3 Å². The molecule has 0 spiro atoms. The van der Waals surface area contributed by atoms with Gasteiger partial charge in [-0.3, -0.25) is 4.79 Å². The highest BCUT2D eigenvalue weighted by Crippen LogP contribution is 2.33. The zero-order valence-electron chi connectivity index (χ0n) is 12.0. The van der Waals surface area contributed by atoms with Crippen LogP contribution in [0.2, 0.25) is 0 Å². The number of carbonyl (C=O) groups is 1. The predicted octanol–water partition coefficient (Wildman–Crippen LogP) is 3.01. The van der Waals surface area contributed by atoms with E-state index in [9.17, 15) is 13.6 Å². The molecule has 1 heterocycles. The molecule has 1 aliphatic heterocycles. The van der Waals surface area contributed by atoms with Crippen LogP contribution in [0.3, 0.4) is 0 Å². The van der Waals surface area contributed by atoms with E-state index in [0.717, 1.165) is 19.4 Å². The van der Waals surface area contributed by atoms with Crippen molar-refractivity contribution in [3.8, 4) is 5.75 Å². The zero-order chi connectivity index (χ0) is 15.3. The summed E-state index contributed by atoms with van der Waals surface area (Å²) >= 11 is 0. The van der Waals surface area contributed by atoms with Gasteiger partial charge in [0, 0.05) is 6.54 Å². The van der Waals surface area contributed by atoms with Crippen molar-refractivity contribution in [2.45, 2.75) is 32.8 Å². The van der Waals surface area contributed by atoms with E-state index in [1.807, 2.05) is 6.92 Å². The van der Waals surface area contributed by atoms with Crippen molar-refractivity contribution in [1.82, 2.24) is 5.32 Å². The second-order valence-electron chi connectivity index (χ2n) is 5.24. The quantitative estimate of drug-likeness (QED) is 0.878. The molecule has 0 bridgehead atoms. The minimum atomic E-state index is -2.92. The summed E-state index contributed by atoms with van der Waals surface area (Å²) in [6.45, 7) is 0.557. The summed E-state index contributed by atoms with van der Waals surface area (Å²) in [7, 11) is 0. The normalized spacial score (nSPS) is 22.1. The number of hydrogen-bond acceptors (Lipinski definition) is 3. The first kappa shape index (κ1) is 15.7. The third kappa shape index (κ3) is 3.69. The second kappa shape index (κ2) is 6.85. The van der Waals surface area contributed by atoms with E-state index in [4.69, 9.17) is 0 Å². The van der Waals surface area contributed by atoms with Gasteiger partial charge >= 0.3 is 6.61 Å². The number of anilines is 1. The highest BCUT2D eigenvalue weighted by atomic mass is 19.3. The van der Waals surface area contributed by atoms with Crippen LogP contribution in [0.4, 0.5) is 14.5 Å². The largest absolute Gasteiger partial charge is 0.433 e. The molecule has 0 saturated carbocycles. The van der Waals surface area contributed by atoms with Crippen molar-refractivity contribution in [1.29, 1.82) is 0 Å². The van der Waals surface area contributed by atoms with E-state index in [2.05, 4.69) is 15.4 Å². The van der Waals surface area contributed by atoms with Gasteiger partial charge in [0.2, 0.25) is 5.91 Å². The van der Waals surface area contributed by atoms with E-state index >= 15 is 0 Å². The van der Waals surface area contributed by atoms with Crippen molar-refractivity contribution >= 4 is 11.6 Å². The van der Waals surface area contributed by atoms with E-state index in [1.54, 1.807) is 18.2 Å². The number of halogens is 2. The van der Waals surface area contributed by atoms with E-state index in [-0.39, 0.29) is 17.3 Å². The molecule has 116 valence electrons. The van der Waals surface area contributed by atoms with E-state index in [1.165, 1.54) is 6.07 Å². The summed E-state index contributed by atoms with van der Waals surface area (Å²) in [5.74, 6) is -0.168. The number of para-hydroxylation sites is 2. The maximum atomic E-state index is 12.6. The molecule has 2 rings (SSSR count). The maximum absolute atomic E-state index is 12.6. The predicted molar refractivity (Wildman–Crippen MR) is 76.5 cm³/mol. The SMILES string of the molecule is CCC1(C(=O)Nc2ccccc2OC(F)F)CCCNC1. The Hall–Kier alpha value is -1.69. The molecule has 4 nitrogen and oxygen atoms in total. The monoisotopic (exact) mass is 298 g/mol. The molecule has 0 aromatic heterocycles. The molecule has 6 heteroatoms. The molecule has 0 aliphatic carbocycles. The first-order valence-corrected chi connectivity index (χ1v) is 7.13. The lowest BCUT2D eigenvalue weighted by molar-refractivity contribution is -0.126. The van der Waals surface area contributed by atoms with E-state index in [0.29, 0.717) is 13.0 Å². The Morgan fingerprint density at radius 1 is 1.48 bits per heavy atom. The molecular weight excluding hydrogens is 278 g/mol. The summed E-state index contributed by atoms with van der Waals surface area (Å²) in [6.07, 6.45) is 2.42. The van der Waals surface area contributed by atoms with Crippen molar-refractivity contribution in [3.05, 3.63) is 24.3 Å². The van der Waals surface area contributed by atoms with Gasteiger partial charge in [-0.15, -0.1) is 0 Å². The molecule has 1 aliphatic rings. The Morgan fingerprint density at radius 2 is 2.24 bits per heavy atom. The number of rotatable bonds is 5. The number of hydrogen-bond donors (Lipinski definition) is 2. The summed E-state index contributed by atoms with van der Waals surface area (Å²) in [5, 5.41) is 5.97. The summed E-state index contributed by atoms with van der Waals surface area (Å²) in [5.41, 5.74) is -0.211. The van der Waals surface area contributed by atoms with Gasteiger partial charge in [-0.1, -0.05) is 19.1 Å². The third-order valence-electron chi connectivity index (χ3n) is 3.98. The van der Waals surface area contributed by atoms with Crippen molar-refractivity contribution in [2.24, 2.45) is 5.41 Å². The molecule has 1 aromatic carbocycles. The van der Waals surface area contributed by atoms with Crippen LogP contribution in [0.25, 0.3) is 0 Å². The Labute approximate surface area is 122 Å². The third-order valence-corrected chi connectivity index (χ3v) is 3.98. The molecule has 1 amide bonds. The minimum Gasteiger partial charge on any atom is -0.433 e. The number of carbonyl (C=O) groups excluding carboxylic acids is 1. The van der Waals surface area contributed by atoms with Crippen LogP contribution < -0.4 is 15.4 Å². The van der Waals surface area contributed by atoms with Gasteiger partial charge in [0.1, 0.15) is 5.75 Å². The lowest BCUT2D eigenvalue weighted by Crippen LogP contribution is -2.47. The maximum Gasteiger partial charge on any atom is 0.387 e. The average Bonchev–Trinajstić information content (AvgIpc) is 2.49. The fourth-order valence-electron chi connectivity index (χ4n) is 2.65. The van der Waals surface area contributed by atoms with Gasteiger partial charge in [0.15, 0.2) is 0 Å². The average molecular weight is 298 g/mol. The Balaban J connectivity index is 2.15. The van der Waals surface area contributed by atoms with Gasteiger partial charge in [0.05, 0.1) is 11.1 Å². The molecule has 1 unspecified atom stereocenters. The summed E-state index contributed by atoms with van der Waals surface area (Å²) in [4.78, 5) is 12.6. The fraction of sp³-hybridized carbons (Fsp3) is 0.533. The molecule has 21 heavy (non-hydrogen) atoms. The Morgan fingerprint density at radius 3 is 2.86 bits per heavy atom. The Kier molecular flexibility index (Phi) is 5.12. The minimum absolute atomic E-state index is 0.0177. The number of benzene rings is 1. The molecule has 1 aromatic rings. The molecular formula is C15H20F2N2O2. The van der Waals surface area contributed by atoms with Gasteiger partial charge in [-0.2, -0.15) is 8.78 Å². The zero-order valence-corrected chi connectivity index (χ0v) is 12.0. The van der Waals surface area contributed by atoms with Crippen LogP contribution in [0.5, 0.6) is 5.75 Å². The van der Waals surface area contributed by atoms with Crippen LogP contribution in [0.15, 0.2) is 24.3 Å². The summed E-state index contributed by atoms with van der Waals surface area (Å²) in [6, 6.07) is 6.24. The van der Waals surface area contributed by atoms with Crippen LogP contribution in [-0.4, -0.2) is 25.6 Å². The number of amides is 1. The molecule has 0 radical (unpaired) electrons. The van der Waals surface area contributed by atoms with E-state index < -0.39 is 12.0 Å². The molecule has 1 fully saturated rings. The van der Waals surface area contributed by atoms with Gasteiger partial charge < -0.3 is 15.4 Å². The van der Waals surface area contributed by atoms with Crippen molar-refractivity contribution in [2.75, 3.05) is 18.4 Å². The lowest BCUT2D eigenvalue weighted by atomic mass is 9.77. The lowest BCUT2D eigenvalue weighted by Gasteiger charge is -2.35. The second-order valence-corrected chi connectivity index (χ2v) is 5.24. The number of ether oxygens (including phenoxy) is 1. The first-order valence-electron chi connectivity index (χ1n) is 7.13. The fourth-order valence-corrected chi connectivity index (χ4v) is 2.65. The molecule has 1 saturated heterocycles. The number of alkyl halides is 2. The highest BCUT2D eigenvalue weighted by molar-refractivity contribution is 5.96. The van der Waals surface area contributed by atoms with Gasteiger partial charge in [-0.05, 0) is 37.9 Å². The highest BCUT2D eigenvalue weighted by Gasteiger charge is 2.38. The Bertz CT molecular complexity index is 488. The van der Waals surface area contributed by atoms with Crippen LogP contribution in [0.1, 0.15) is 26.2 Å². The number of nitrogens with one attached hydrogen (secondary N) is 2. The van der Waals surface area contributed by atoms with Crippen LogP contribution in [0, 0.1) is 5.41 Å². The van der Waals surface area contributed by atoms with Crippen molar-refractivity contribution in [3.63, 3.8) is 0 Å². The van der Waals surface area contributed by atoms with Gasteiger partial charge in [-0.25, -0.2) is 0 Å². The van der Waals surface area contributed by atoms with Gasteiger partial charge in [0.25, 0.3) is 0 Å². The van der Waals surface area contributed by atoms with Crippen LogP contribution in [-0.2, 0) is 4.79 Å². The first-order chi connectivity index (χ1) is 10.1. The van der Waals surface area contributed by atoms with Crippen LogP contribution >= 0.6 is 0 Å².